The third-order valence-electron chi connectivity index (χ3n) is 13.0. The Labute approximate surface area is 384 Å². The van der Waals surface area contributed by atoms with Crippen LogP contribution in [0.5, 0.6) is 0 Å². The largest absolute Gasteiger partial charge is 0.455 e. The van der Waals surface area contributed by atoms with E-state index in [0.29, 0.717) is 0 Å². The molecule has 0 unspecified atom stereocenters. The van der Waals surface area contributed by atoms with Crippen molar-refractivity contribution in [2.75, 3.05) is 4.90 Å². The van der Waals surface area contributed by atoms with E-state index in [4.69, 9.17) is 4.42 Å². The summed E-state index contributed by atoms with van der Waals surface area (Å²) in [6, 6.07) is 93.7. The minimum Gasteiger partial charge on any atom is -0.455 e. The van der Waals surface area contributed by atoms with Crippen LogP contribution in [0.1, 0.15) is 0 Å². The van der Waals surface area contributed by atoms with Gasteiger partial charge >= 0.3 is 0 Å². The van der Waals surface area contributed by atoms with Crippen LogP contribution in [-0.4, -0.2) is 0 Å². The first-order valence-corrected chi connectivity index (χ1v) is 22.6. The molecule has 12 aromatic rings. The highest BCUT2D eigenvalue weighted by atomic mass is 16.3. The zero-order valence-electron chi connectivity index (χ0n) is 36.2. The maximum atomic E-state index is 6.37. The Balaban J connectivity index is 0.878. The van der Waals surface area contributed by atoms with Gasteiger partial charge in [0.25, 0.3) is 0 Å². The summed E-state index contributed by atoms with van der Waals surface area (Å²) in [7, 11) is 0. The van der Waals surface area contributed by atoms with E-state index in [-0.39, 0.29) is 0 Å². The molecule has 2 nitrogen and oxygen atoms in total. The second kappa shape index (κ2) is 16.8. The number of anilines is 3. The van der Waals surface area contributed by atoms with Gasteiger partial charge in [0.2, 0.25) is 0 Å². The van der Waals surface area contributed by atoms with Crippen LogP contribution in [0.4, 0.5) is 17.1 Å². The van der Waals surface area contributed by atoms with Crippen LogP contribution in [0.3, 0.4) is 0 Å². The van der Waals surface area contributed by atoms with Gasteiger partial charge in [-0.25, -0.2) is 0 Å². The van der Waals surface area contributed by atoms with E-state index >= 15 is 0 Å². The van der Waals surface area contributed by atoms with Gasteiger partial charge in [0.15, 0.2) is 0 Å². The Morgan fingerprint density at radius 2 is 0.545 bits per heavy atom. The van der Waals surface area contributed by atoms with E-state index in [0.717, 1.165) is 61.3 Å². The monoisotopic (exact) mass is 841 g/mol. The van der Waals surface area contributed by atoms with E-state index in [1.54, 1.807) is 0 Å². The van der Waals surface area contributed by atoms with Gasteiger partial charge in [-0.15, -0.1) is 0 Å². The van der Waals surface area contributed by atoms with Crippen LogP contribution in [0.2, 0.25) is 0 Å². The topological polar surface area (TPSA) is 16.4 Å². The van der Waals surface area contributed by atoms with E-state index in [1.807, 2.05) is 12.1 Å². The molecule has 66 heavy (non-hydrogen) atoms. The molecule has 1 aromatic heterocycles. The van der Waals surface area contributed by atoms with E-state index in [2.05, 4.69) is 254 Å². The normalized spacial score (nSPS) is 11.3. The van der Waals surface area contributed by atoms with Crippen LogP contribution in [0, 0.1) is 0 Å². The van der Waals surface area contributed by atoms with Crippen molar-refractivity contribution in [2.45, 2.75) is 0 Å². The van der Waals surface area contributed by atoms with Crippen molar-refractivity contribution in [1.29, 1.82) is 0 Å². The van der Waals surface area contributed by atoms with Crippen LogP contribution in [-0.2, 0) is 0 Å². The molecule has 12 rings (SSSR count). The highest BCUT2D eigenvalue weighted by Gasteiger charge is 2.16. The molecule has 0 saturated carbocycles. The molecule has 0 aliphatic carbocycles. The molecule has 0 radical (unpaired) electrons. The molecule has 1 heterocycles. The molecule has 0 saturated heterocycles. The lowest BCUT2D eigenvalue weighted by molar-refractivity contribution is 0.670. The first kappa shape index (κ1) is 38.9. The van der Waals surface area contributed by atoms with Crippen molar-refractivity contribution in [2.24, 2.45) is 0 Å². The maximum absolute atomic E-state index is 6.37. The second-order valence-corrected chi connectivity index (χ2v) is 16.8. The van der Waals surface area contributed by atoms with Crippen molar-refractivity contribution in [3.05, 3.63) is 261 Å². The predicted molar refractivity (Wildman–Crippen MR) is 279 cm³/mol. The van der Waals surface area contributed by atoms with Crippen molar-refractivity contribution < 1.29 is 4.42 Å². The van der Waals surface area contributed by atoms with Crippen LogP contribution < -0.4 is 4.90 Å². The zero-order valence-corrected chi connectivity index (χ0v) is 36.2. The summed E-state index contributed by atoms with van der Waals surface area (Å²) in [6.45, 7) is 0. The third-order valence-corrected chi connectivity index (χ3v) is 13.0. The van der Waals surface area contributed by atoms with Gasteiger partial charge in [-0.1, -0.05) is 218 Å². The van der Waals surface area contributed by atoms with Gasteiger partial charge < -0.3 is 9.32 Å². The van der Waals surface area contributed by atoms with E-state index in [1.165, 1.54) is 55.3 Å². The number of furan rings is 1. The van der Waals surface area contributed by atoms with Crippen molar-refractivity contribution in [1.82, 2.24) is 0 Å². The Morgan fingerprint density at radius 3 is 1.05 bits per heavy atom. The number of hydrogen-bond acceptors (Lipinski definition) is 2. The molecular weight excluding hydrogens is 799 g/mol. The molecule has 0 spiro atoms. The average molecular weight is 842 g/mol. The van der Waals surface area contributed by atoms with Crippen LogP contribution in [0.25, 0.3) is 99.5 Å². The van der Waals surface area contributed by atoms with Crippen LogP contribution in [0.15, 0.2) is 265 Å². The summed E-state index contributed by atoms with van der Waals surface area (Å²) in [5.74, 6) is 0. The highest BCUT2D eigenvalue weighted by Crippen LogP contribution is 2.41. The molecule has 0 atom stereocenters. The lowest BCUT2D eigenvalue weighted by Gasteiger charge is -2.26. The smallest absolute Gasteiger partial charge is 0.143 e. The van der Waals surface area contributed by atoms with Crippen molar-refractivity contribution >= 4 is 49.8 Å². The highest BCUT2D eigenvalue weighted by molar-refractivity contribution is 6.09. The first-order valence-electron chi connectivity index (χ1n) is 22.6. The standard InChI is InChI=1S/C64H43NO/c1-3-12-44(13-4-1)45-22-24-46(25-23-45)48-30-36-53(37-31-48)65(55-40-34-51(35-41-55)57-43-42-56(50-14-5-2-6-15-50)59-16-7-8-17-60(57)59)54-38-32-49(33-39-54)47-26-28-52(29-27-47)58-19-11-20-62-61-18-9-10-21-63(61)66-64(58)62/h1-43H. The Hall–Kier alpha value is -8.72. The predicted octanol–water partition coefficient (Wildman–Crippen LogP) is 18.2. The number of rotatable bonds is 9. The zero-order chi connectivity index (χ0) is 43.8. The Bertz CT molecular complexity index is 3630. The lowest BCUT2D eigenvalue weighted by Crippen LogP contribution is -2.09. The molecule has 11 aromatic carbocycles. The van der Waals surface area contributed by atoms with E-state index < -0.39 is 0 Å². The van der Waals surface area contributed by atoms with E-state index in [9.17, 15) is 0 Å². The fourth-order valence-electron chi connectivity index (χ4n) is 9.57. The molecule has 2 heteroatoms. The van der Waals surface area contributed by atoms with Gasteiger partial charge in [-0.05, 0) is 114 Å². The van der Waals surface area contributed by atoms with Gasteiger partial charge in [-0.2, -0.15) is 0 Å². The fourth-order valence-corrected chi connectivity index (χ4v) is 9.57. The molecule has 0 fully saturated rings. The van der Waals surface area contributed by atoms with Gasteiger partial charge in [0, 0.05) is 33.4 Å². The first-order chi connectivity index (χ1) is 32.7. The third kappa shape index (κ3) is 7.21. The van der Waals surface area contributed by atoms with Crippen molar-refractivity contribution in [3.63, 3.8) is 0 Å². The average Bonchev–Trinajstić information content (AvgIpc) is 3.79. The fraction of sp³-hybridized carbons (Fsp3) is 0. The molecule has 0 bridgehead atoms. The summed E-state index contributed by atoms with van der Waals surface area (Å²) in [4.78, 5) is 2.35. The Morgan fingerprint density at radius 1 is 0.212 bits per heavy atom. The van der Waals surface area contributed by atoms with Crippen LogP contribution >= 0.6 is 0 Å². The number of para-hydroxylation sites is 2. The van der Waals surface area contributed by atoms with Gasteiger partial charge in [0.05, 0.1) is 0 Å². The number of hydrogen-bond donors (Lipinski definition) is 0. The summed E-state index contributed by atoms with van der Waals surface area (Å²) in [6.07, 6.45) is 0. The van der Waals surface area contributed by atoms with Gasteiger partial charge in [0.1, 0.15) is 11.2 Å². The van der Waals surface area contributed by atoms with Gasteiger partial charge in [-0.3, -0.25) is 0 Å². The molecular formula is C64H43NO. The number of nitrogens with zero attached hydrogens (tertiary/aromatic N) is 1. The summed E-state index contributed by atoms with van der Waals surface area (Å²) in [5, 5.41) is 4.77. The lowest BCUT2D eigenvalue weighted by atomic mass is 9.92. The Kier molecular flexibility index (Phi) is 9.89. The minimum absolute atomic E-state index is 0.911. The number of fused-ring (bicyclic) bond motifs is 4. The quantitative estimate of drug-likeness (QED) is 0.144. The minimum atomic E-state index is 0.911. The molecule has 0 aliphatic heterocycles. The maximum Gasteiger partial charge on any atom is 0.143 e. The second-order valence-electron chi connectivity index (χ2n) is 16.8. The van der Waals surface area contributed by atoms with Crippen molar-refractivity contribution in [3.8, 4) is 66.8 Å². The summed E-state index contributed by atoms with van der Waals surface area (Å²) in [5.41, 5.74) is 19.3. The molecule has 310 valence electrons. The molecule has 0 N–H and O–H groups in total. The number of benzene rings is 11. The molecule has 0 amide bonds. The summed E-state index contributed by atoms with van der Waals surface area (Å²) >= 11 is 0. The SMILES string of the molecule is c1ccc(-c2ccc(-c3ccc(N(c4ccc(-c5ccc(-c6cccc7c6oc6ccccc67)cc5)cc4)c4ccc(-c5ccc(-c6ccccc6)c6ccccc56)cc4)cc3)cc2)cc1. The molecule has 0 aliphatic rings. The summed E-state index contributed by atoms with van der Waals surface area (Å²) < 4.78 is 6.37.